The molecule has 7 nitrogen and oxygen atoms in total. The molecule has 0 bridgehead atoms. The molecule has 1 atom stereocenters. The number of pyridine rings is 1. The first-order valence-corrected chi connectivity index (χ1v) is 10.7. The van der Waals surface area contributed by atoms with Gasteiger partial charge in [-0.3, -0.25) is 14.6 Å². The second-order valence-corrected chi connectivity index (χ2v) is 7.68. The Morgan fingerprint density at radius 1 is 1.06 bits per heavy atom. The summed E-state index contributed by atoms with van der Waals surface area (Å²) in [5, 5.41) is 10.8. The molecule has 3 aromatic rings. The molecule has 1 aliphatic rings. The average Bonchev–Trinajstić information content (AvgIpc) is 3.13. The normalized spacial score (nSPS) is 15.8. The molecular formula is C27H24N2O5. The van der Waals surface area contributed by atoms with Gasteiger partial charge in [-0.25, -0.2) is 0 Å². The minimum Gasteiger partial charge on any atom is -0.503 e. The zero-order chi connectivity index (χ0) is 24.1. The fourth-order valence-electron chi connectivity index (χ4n) is 3.95. The van der Waals surface area contributed by atoms with Crippen molar-refractivity contribution in [2.75, 3.05) is 14.2 Å². The fourth-order valence-corrected chi connectivity index (χ4v) is 3.95. The summed E-state index contributed by atoms with van der Waals surface area (Å²) < 4.78 is 10.8. The topological polar surface area (TPSA) is 89.0 Å². The maximum atomic E-state index is 13.3. The Bertz CT molecular complexity index is 1250. The summed E-state index contributed by atoms with van der Waals surface area (Å²) in [5.74, 6) is -0.680. The molecule has 2 heterocycles. The van der Waals surface area contributed by atoms with Crippen molar-refractivity contribution in [2.45, 2.75) is 12.6 Å². The van der Waals surface area contributed by atoms with Gasteiger partial charge in [-0.15, -0.1) is 0 Å². The van der Waals surface area contributed by atoms with E-state index in [9.17, 15) is 14.7 Å². The van der Waals surface area contributed by atoms with Crippen LogP contribution in [0.25, 0.3) is 6.08 Å². The van der Waals surface area contributed by atoms with E-state index < -0.39 is 23.5 Å². The monoisotopic (exact) mass is 456 g/mol. The number of carbonyl (C=O) groups excluding carboxylic acids is 2. The molecule has 0 saturated heterocycles. The number of carbonyl (C=O) groups is 2. The van der Waals surface area contributed by atoms with Crippen LogP contribution in [0, 0.1) is 0 Å². The second kappa shape index (κ2) is 10.0. The third-order valence-electron chi connectivity index (χ3n) is 5.59. The largest absolute Gasteiger partial charge is 0.503 e. The van der Waals surface area contributed by atoms with E-state index in [1.165, 1.54) is 25.2 Å². The van der Waals surface area contributed by atoms with Gasteiger partial charge in [-0.05, 0) is 41.0 Å². The number of ketones is 1. The Morgan fingerprint density at radius 2 is 1.82 bits per heavy atom. The van der Waals surface area contributed by atoms with Crippen molar-refractivity contribution in [1.29, 1.82) is 0 Å². The number of ether oxygens (including phenoxy) is 2. The number of amides is 1. The summed E-state index contributed by atoms with van der Waals surface area (Å²) >= 11 is 0. The highest BCUT2D eigenvalue weighted by atomic mass is 16.5. The van der Waals surface area contributed by atoms with Gasteiger partial charge in [0.05, 0.1) is 25.8 Å². The zero-order valence-electron chi connectivity index (χ0n) is 18.8. The van der Waals surface area contributed by atoms with Gasteiger partial charge in [-0.2, -0.15) is 0 Å². The van der Waals surface area contributed by atoms with Crippen LogP contribution in [-0.4, -0.2) is 40.9 Å². The van der Waals surface area contributed by atoms with Gasteiger partial charge in [-0.1, -0.05) is 48.5 Å². The lowest BCUT2D eigenvalue weighted by Crippen LogP contribution is -2.30. The van der Waals surface area contributed by atoms with Crippen molar-refractivity contribution in [3.8, 4) is 11.5 Å². The number of aliphatic hydroxyl groups is 1. The molecule has 0 fully saturated rings. The van der Waals surface area contributed by atoms with E-state index in [0.717, 1.165) is 11.1 Å². The van der Waals surface area contributed by atoms with E-state index >= 15 is 0 Å². The first-order chi connectivity index (χ1) is 16.5. The number of methoxy groups -OCH3 is 2. The molecule has 1 N–H and O–H groups in total. The van der Waals surface area contributed by atoms with E-state index in [4.69, 9.17) is 9.47 Å². The predicted octanol–water partition coefficient (Wildman–Crippen LogP) is 4.28. The summed E-state index contributed by atoms with van der Waals surface area (Å²) in [6.45, 7) is 0.162. The summed E-state index contributed by atoms with van der Waals surface area (Å²) in [7, 11) is 3.04. The van der Waals surface area contributed by atoms with Crippen LogP contribution in [0.4, 0.5) is 0 Å². The minimum atomic E-state index is -0.819. The van der Waals surface area contributed by atoms with E-state index in [1.807, 2.05) is 36.4 Å². The van der Waals surface area contributed by atoms with Crippen molar-refractivity contribution in [1.82, 2.24) is 9.88 Å². The quantitative estimate of drug-likeness (QED) is 0.509. The molecule has 1 aliphatic heterocycles. The predicted molar refractivity (Wildman–Crippen MR) is 127 cm³/mol. The van der Waals surface area contributed by atoms with E-state index in [-0.39, 0.29) is 12.1 Å². The molecule has 0 saturated carbocycles. The maximum absolute atomic E-state index is 13.3. The molecule has 4 rings (SSSR count). The number of hydrogen-bond donors (Lipinski definition) is 1. The molecule has 1 amide bonds. The maximum Gasteiger partial charge on any atom is 0.290 e. The molecule has 0 radical (unpaired) electrons. The van der Waals surface area contributed by atoms with Crippen LogP contribution < -0.4 is 9.47 Å². The lowest BCUT2D eigenvalue weighted by atomic mass is 9.95. The molecule has 7 heteroatoms. The second-order valence-electron chi connectivity index (χ2n) is 7.68. The Kier molecular flexibility index (Phi) is 6.73. The van der Waals surface area contributed by atoms with E-state index in [1.54, 1.807) is 42.7 Å². The SMILES string of the molecule is COc1ccc(C2C(C(=O)C=Cc3ccccc3)=C(O)C(=O)N2Cc2cccnc2)cc1OC. The Morgan fingerprint density at radius 3 is 2.50 bits per heavy atom. The average molecular weight is 456 g/mol. The van der Waals surface area contributed by atoms with Gasteiger partial charge in [0.1, 0.15) is 0 Å². The Balaban J connectivity index is 1.77. The highest BCUT2D eigenvalue weighted by Gasteiger charge is 2.43. The van der Waals surface area contributed by atoms with Crippen LogP contribution in [0.3, 0.4) is 0 Å². The Labute approximate surface area is 197 Å². The van der Waals surface area contributed by atoms with Gasteiger partial charge in [0, 0.05) is 18.9 Å². The smallest absolute Gasteiger partial charge is 0.290 e. The van der Waals surface area contributed by atoms with Gasteiger partial charge < -0.3 is 19.5 Å². The van der Waals surface area contributed by atoms with Crippen LogP contribution in [0.2, 0.25) is 0 Å². The van der Waals surface area contributed by atoms with E-state index in [2.05, 4.69) is 4.98 Å². The number of allylic oxidation sites excluding steroid dienone is 1. The third-order valence-corrected chi connectivity index (χ3v) is 5.59. The van der Waals surface area contributed by atoms with Crippen LogP contribution in [0.5, 0.6) is 11.5 Å². The number of nitrogens with zero attached hydrogens (tertiary/aromatic N) is 2. The summed E-state index contributed by atoms with van der Waals surface area (Å²) in [6.07, 6.45) is 6.31. The lowest BCUT2D eigenvalue weighted by Gasteiger charge is -2.27. The van der Waals surface area contributed by atoms with Crippen LogP contribution >= 0.6 is 0 Å². The molecule has 34 heavy (non-hydrogen) atoms. The van der Waals surface area contributed by atoms with Crippen LogP contribution in [0.15, 0.2) is 90.5 Å². The van der Waals surface area contributed by atoms with E-state index in [0.29, 0.717) is 17.1 Å². The van der Waals surface area contributed by atoms with Crippen molar-refractivity contribution < 1.29 is 24.2 Å². The van der Waals surface area contributed by atoms with Crippen molar-refractivity contribution >= 4 is 17.8 Å². The van der Waals surface area contributed by atoms with Crippen molar-refractivity contribution in [3.05, 3.63) is 107 Å². The molecule has 1 unspecified atom stereocenters. The van der Waals surface area contributed by atoms with Crippen LogP contribution in [-0.2, 0) is 16.1 Å². The number of benzene rings is 2. The summed E-state index contributed by atoms with van der Waals surface area (Å²) in [4.78, 5) is 32.0. The number of rotatable bonds is 8. The van der Waals surface area contributed by atoms with Gasteiger partial charge in [0.2, 0.25) is 0 Å². The first-order valence-electron chi connectivity index (χ1n) is 10.7. The molecule has 0 aliphatic carbocycles. The van der Waals surface area contributed by atoms with Crippen molar-refractivity contribution in [2.24, 2.45) is 0 Å². The summed E-state index contributed by atoms with van der Waals surface area (Å²) in [5.41, 5.74) is 2.21. The lowest BCUT2D eigenvalue weighted by molar-refractivity contribution is -0.130. The number of hydrogen-bond acceptors (Lipinski definition) is 6. The zero-order valence-corrected chi connectivity index (χ0v) is 18.8. The van der Waals surface area contributed by atoms with Gasteiger partial charge in [0.15, 0.2) is 23.0 Å². The third kappa shape index (κ3) is 4.54. The fraction of sp³-hybridized carbons (Fsp3) is 0.148. The minimum absolute atomic E-state index is 0.00768. The highest BCUT2D eigenvalue weighted by molar-refractivity contribution is 6.14. The Hall–Kier alpha value is -4.39. The highest BCUT2D eigenvalue weighted by Crippen LogP contribution is 2.41. The number of aliphatic hydroxyl groups excluding tert-OH is 1. The standard InChI is InChI=1S/C27H24N2O5/c1-33-22-13-11-20(15-23(22)34-2)25-24(21(30)12-10-18-7-4-3-5-8-18)26(31)27(32)29(25)17-19-9-6-14-28-16-19/h3-16,25,31H,17H2,1-2H3. The molecule has 0 spiro atoms. The van der Waals surface area contributed by atoms with Gasteiger partial charge >= 0.3 is 0 Å². The molecule has 172 valence electrons. The molecule has 2 aromatic carbocycles. The molecular weight excluding hydrogens is 432 g/mol. The van der Waals surface area contributed by atoms with Gasteiger partial charge in [0.25, 0.3) is 5.91 Å². The summed E-state index contributed by atoms with van der Waals surface area (Å²) in [6, 6.07) is 17.3. The van der Waals surface area contributed by atoms with Crippen molar-refractivity contribution in [3.63, 3.8) is 0 Å². The first kappa shape index (κ1) is 22.8. The molecule has 1 aromatic heterocycles. The number of aromatic nitrogens is 1. The van der Waals surface area contributed by atoms with Crippen LogP contribution in [0.1, 0.15) is 22.7 Å².